The summed E-state index contributed by atoms with van der Waals surface area (Å²) < 4.78 is 0. The molecule has 0 saturated heterocycles. The molecule has 0 aliphatic rings. The third-order valence-corrected chi connectivity index (χ3v) is 4.37. The van der Waals surface area contributed by atoms with E-state index in [-0.39, 0.29) is 0 Å². The van der Waals surface area contributed by atoms with Gasteiger partial charge in [-0.15, -0.1) is 0 Å². The summed E-state index contributed by atoms with van der Waals surface area (Å²) >= 11 is 0. The SMILES string of the molecule is CCCCCCCCC(C)=CCCCC(C)CCCC. The van der Waals surface area contributed by atoms with E-state index in [2.05, 4.69) is 33.8 Å². The summed E-state index contributed by atoms with van der Waals surface area (Å²) in [4.78, 5) is 0. The molecule has 0 fully saturated rings. The Kier molecular flexibility index (Phi) is 14.9. The van der Waals surface area contributed by atoms with Crippen molar-refractivity contribution >= 4 is 0 Å². The second-order valence-corrected chi connectivity index (χ2v) is 6.75. The van der Waals surface area contributed by atoms with Gasteiger partial charge in [-0.2, -0.15) is 0 Å². The van der Waals surface area contributed by atoms with Crippen LogP contribution in [0.4, 0.5) is 0 Å². The van der Waals surface area contributed by atoms with Crippen molar-refractivity contribution in [1.82, 2.24) is 0 Å². The molecule has 1 atom stereocenters. The third-order valence-electron chi connectivity index (χ3n) is 4.37. The van der Waals surface area contributed by atoms with Gasteiger partial charge in [-0.1, -0.05) is 90.2 Å². The quantitative estimate of drug-likeness (QED) is 0.226. The standard InChI is InChI=1S/C20H40/c1-5-7-9-10-11-12-16-20(4)18-14-13-17-19(3)15-8-6-2/h18-19H,5-17H2,1-4H3. The van der Waals surface area contributed by atoms with E-state index < -0.39 is 0 Å². The van der Waals surface area contributed by atoms with Gasteiger partial charge >= 0.3 is 0 Å². The van der Waals surface area contributed by atoms with Gasteiger partial charge in [0.25, 0.3) is 0 Å². The van der Waals surface area contributed by atoms with Crippen molar-refractivity contribution in [3.05, 3.63) is 11.6 Å². The minimum atomic E-state index is 0.933. The molecule has 0 amide bonds. The molecule has 0 heterocycles. The fourth-order valence-corrected chi connectivity index (χ4v) is 2.80. The van der Waals surface area contributed by atoms with Crippen LogP contribution >= 0.6 is 0 Å². The van der Waals surface area contributed by atoms with E-state index >= 15 is 0 Å². The van der Waals surface area contributed by atoms with Gasteiger partial charge in [0.1, 0.15) is 0 Å². The van der Waals surface area contributed by atoms with Crippen molar-refractivity contribution in [3.63, 3.8) is 0 Å². The predicted octanol–water partition coefficient (Wildman–Crippen LogP) is 7.68. The molecule has 120 valence electrons. The Balaban J connectivity index is 3.41. The molecular formula is C20H40. The van der Waals surface area contributed by atoms with Gasteiger partial charge in [0.05, 0.1) is 0 Å². The largest absolute Gasteiger partial charge is 0.0856 e. The second kappa shape index (κ2) is 15.1. The number of hydrogen-bond donors (Lipinski definition) is 0. The van der Waals surface area contributed by atoms with E-state index in [0.717, 1.165) is 5.92 Å². The maximum Gasteiger partial charge on any atom is -0.0323 e. The lowest BCUT2D eigenvalue weighted by Gasteiger charge is -2.09. The average Bonchev–Trinajstić information content (AvgIpc) is 2.45. The molecule has 0 aliphatic heterocycles. The molecule has 0 rings (SSSR count). The fraction of sp³-hybridized carbons (Fsp3) is 0.900. The minimum absolute atomic E-state index is 0.933. The lowest BCUT2D eigenvalue weighted by molar-refractivity contribution is 0.458. The van der Waals surface area contributed by atoms with Crippen molar-refractivity contribution in [2.75, 3.05) is 0 Å². The first-order chi connectivity index (χ1) is 9.70. The van der Waals surface area contributed by atoms with Crippen LogP contribution in [0.1, 0.15) is 111 Å². The summed E-state index contributed by atoms with van der Waals surface area (Å²) in [5.74, 6) is 0.933. The molecule has 0 aromatic heterocycles. The van der Waals surface area contributed by atoms with Gasteiger partial charge in [0.2, 0.25) is 0 Å². The molecule has 0 heteroatoms. The lowest BCUT2D eigenvalue weighted by Crippen LogP contribution is -1.94. The maximum atomic E-state index is 2.50. The van der Waals surface area contributed by atoms with E-state index in [0.29, 0.717) is 0 Å². The molecule has 0 nitrogen and oxygen atoms in total. The number of unbranched alkanes of at least 4 members (excludes halogenated alkanes) is 7. The monoisotopic (exact) mass is 280 g/mol. The van der Waals surface area contributed by atoms with Gasteiger partial charge in [0, 0.05) is 0 Å². The van der Waals surface area contributed by atoms with Crippen LogP contribution in [-0.4, -0.2) is 0 Å². The molecule has 0 N–H and O–H groups in total. The van der Waals surface area contributed by atoms with Crippen LogP contribution in [0.2, 0.25) is 0 Å². The fourth-order valence-electron chi connectivity index (χ4n) is 2.80. The maximum absolute atomic E-state index is 2.50. The lowest BCUT2D eigenvalue weighted by atomic mass is 9.97. The van der Waals surface area contributed by atoms with Crippen molar-refractivity contribution in [3.8, 4) is 0 Å². The smallest absolute Gasteiger partial charge is 0.0323 e. The summed E-state index contributed by atoms with van der Waals surface area (Å²) in [6, 6.07) is 0. The highest BCUT2D eigenvalue weighted by molar-refractivity contribution is 4.97. The van der Waals surface area contributed by atoms with Crippen LogP contribution in [0.25, 0.3) is 0 Å². The Labute approximate surface area is 129 Å². The Morgan fingerprint density at radius 3 is 2.10 bits per heavy atom. The Bertz CT molecular complexity index is 214. The Morgan fingerprint density at radius 1 is 0.800 bits per heavy atom. The first kappa shape index (κ1) is 19.7. The van der Waals surface area contributed by atoms with Crippen LogP contribution in [-0.2, 0) is 0 Å². The molecule has 20 heavy (non-hydrogen) atoms. The first-order valence-corrected chi connectivity index (χ1v) is 9.36. The minimum Gasteiger partial charge on any atom is -0.0856 e. The normalized spacial score (nSPS) is 13.7. The molecular weight excluding hydrogens is 240 g/mol. The van der Waals surface area contributed by atoms with Crippen LogP contribution < -0.4 is 0 Å². The van der Waals surface area contributed by atoms with Gasteiger partial charge in [-0.05, 0) is 38.5 Å². The first-order valence-electron chi connectivity index (χ1n) is 9.36. The summed E-state index contributed by atoms with van der Waals surface area (Å²) in [6.45, 7) is 9.33. The van der Waals surface area contributed by atoms with Gasteiger partial charge in [0.15, 0.2) is 0 Å². The molecule has 0 aliphatic carbocycles. The van der Waals surface area contributed by atoms with Crippen LogP contribution in [0.5, 0.6) is 0 Å². The van der Waals surface area contributed by atoms with Crippen molar-refractivity contribution in [2.45, 2.75) is 111 Å². The summed E-state index contributed by atoms with van der Waals surface area (Å²) in [7, 11) is 0. The van der Waals surface area contributed by atoms with Crippen molar-refractivity contribution < 1.29 is 0 Å². The van der Waals surface area contributed by atoms with E-state index in [1.54, 1.807) is 5.57 Å². The molecule has 1 unspecified atom stereocenters. The molecule has 0 aromatic rings. The number of rotatable bonds is 14. The van der Waals surface area contributed by atoms with E-state index in [4.69, 9.17) is 0 Å². The molecule has 0 spiro atoms. The van der Waals surface area contributed by atoms with Crippen LogP contribution in [0.15, 0.2) is 11.6 Å². The van der Waals surface area contributed by atoms with Crippen molar-refractivity contribution in [2.24, 2.45) is 5.92 Å². The summed E-state index contributed by atoms with van der Waals surface area (Å²) in [5, 5.41) is 0. The second-order valence-electron chi connectivity index (χ2n) is 6.75. The third kappa shape index (κ3) is 14.2. The zero-order chi connectivity index (χ0) is 15.1. The van der Waals surface area contributed by atoms with E-state index in [1.165, 1.54) is 83.5 Å². The molecule has 0 radical (unpaired) electrons. The number of hydrogen-bond acceptors (Lipinski definition) is 0. The van der Waals surface area contributed by atoms with E-state index in [9.17, 15) is 0 Å². The van der Waals surface area contributed by atoms with Gasteiger partial charge < -0.3 is 0 Å². The summed E-state index contributed by atoms with van der Waals surface area (Å²) in [6.07, 6.45) is 20.6. The van der Waals surface area contributed by atoms with Crippen LogP contribution in [0, 0.1) is 5.92 Å². The van der Waals surface area contributed by atoms with E-state index in [1.807, 2.05) is 0 Å². The highest BCUT2D eigenvalue weighted by Crippen LogP contribution is 2.17. The molecule has 0 aromatic carbocycles. The number of allylic oxidation sites excluding steroid dienone is 2. The Morgan fingerprint density at radius 2 is 1.40 bits per heavy atom. The molecule has 0 bridgehead atoms. The van der Waals surface area contributed by atoms with Gasteiger partial charge in [-0.25, -0.2) is 0 Å². The zero-order valence-corrected chi connectivity index (χ0v) is 14.8. The topological polar surface area (TPSA) is 0 Å². The zero-order valence-electron chi connectivity index (χ0n) is 14.8. The summed E-state index contributed by atoms with van der Waals surface area (Å²) in [5.41, 5.74) is 1.63. The highest BCUT2D eigenvalue weighted by atomic mass is 14.1. The van der Waals surface area contributed by atoms with Crippen LogP contribution in [0.3, 0.4) is 0 Å². The molecule has 0 saturated carbocycles. The predicted molar refractivity (Wildman–Crippen MR) is 94.3 cm³/mol. The highest BCUT2D eigenvalue weighted by Gasteiger charge is 2.00. The van der Waals surface area contributed by atoms with Crippen molar-refractivity contribution in [1.29, 1.82) is 0 Å². The van der Waals surface area contributed by atoms with Gasteiger partial charge in [-0.3, -0.25) is 0 Å². The average molecular weight is 281 g/mol. The Hall–Kier alpha value is -0.260.